The molecule has 0 atom stereocenters. The van der Waals surface area contributed by atoms with Gasteiger partial charge in [-0.05, 0) is 36.2 Å². The lowest BCUT2D eigenvalue weighted by atomic mass is 10.1. The molecule has 4 rings (SSSR count). The van der Waals surface area contributed by atoms with Crippen molar-refractivity contribution in [2.45, 2.75) is 20.3 Å². The summed E-state index contributed by atoms with van der Waals surface area (Å²) < 4.78 is 5.30. The third-order valence-electron chi connectivity index (χ3n) is 6.62. The maximum atomic E-state index is 13.1. The molecule has 0 radical (unpaired) electrons. The Kier molecular flexibility index (Phi) is 8.72. The van der Waals surface area contributed by atoms with Gasteiger partial charge in [-0.2, -0.15) is 0 Å². The monoisotopic (exact) mass is 501 g/mol. The number of aromatic nitrogens is 2. The Morgan fingerprint density at radius 2 is 1.70 bits per heavy atom. The lowest BCUT2D eigenvalue weighted by Gasteiger charge is -2.36. The van der Waals surface area contributed by atoms with Gasteiger partial charge in [0.1, 0.15) is 5.75 Å². The molecule has 2 aromatic carbocycles. The van der Waals surface area contributed by atoms with Crippen molar-refractivity contribution in [3.63, 3.8) is 0 Å². The molecule has 0 saturated carbocycles. The number of methoxy groups -OCH3 is 1. The summed E-state index contributed by atoms with van der Waals surface area (Å²) in [6.07, 6.45) is 0.727. The average molecular weight is 502 g/mol. The Morgan fingerprint density at radius 1 is 0.946 bits per heavy atom. The van der Waals surface area contributed by atoms with Crippen LogP contribution in [0.5, 0.6) is 5.75 Å². The fraction of sp³-hybridized carbons (Fsp3) is 0.379. The summed E-state index contributed by atoms with van der Waals surface area (Å²) in [5.74, 6) is 1.41. The van der Waals surface area contributed by atoms with Crippen molar-refractivity contribution in [1.29, 1.82) is 0 Å². The predicted molar refractivity (Wildman–Crippen MR) is 144 cm³/mol. The maximum absolute atomic E-state index is 13.1. The van der Waals surface area contributed by atoms with E-state index in [0.717, 1.165) is 34.8 Å². The number of ether oxygens (including phenoxy) is 1. The molecule has 0 unspecified atom stereocenters. The molecule has 194 valence electrons. The Balaban J connectivity index is 1.32. The molecule has 3 aromatic rings. The van der Waals surface area contributed by atoms with Crippen molar-refractivity contribution in [2.24, 2.45) is 5.92 Å². The molecule has 8 nitrogen and oxygen atoms in total. The molecular weight excluding hydrogens is 466 g/mol. The number of hydrogen-bond donors (Lipinski definition) is 0. The second-order valence-corrected chi connectivity index (χ2v) is 9.53. The molecule has 8 heteroatoms. The number of benzene rings is 2. The molecule has 0 bridgehead atoms. The normalized spacial score (nSPS) is 13.5. The maximum Gasteiger partial charge on any atom is 0.242 e. The van der Waals surface area contributed by atoms with E-state index in [1.54, 1.807) is 12.0 Å². The van der Waals surface area contributed by atoms with E-state index in [9.17, 15) is 9.59 Å². The fourth-order valence-corrected chi connectivity index (χ4v) is 4.42. The van der Waals surface area contributed by atoms with Crippen LogP contribution in [0, 0.1) is 5.92 Å². The van der Waals surface area contributed by atoms with Crippen LogP contribution in [0.4, 0.5) is 5.82 Å². The van der Waals surface area contributed by atoms with Crippen molar-refractivity contribution in [3.8, 4) is 17.0 Å². The van der Waals surface area contributed by atoms with Gasteiger partial charge < -0.3 is 19.4 Å². The minimum atomic E-state index is -0.154. The van der Waals surface area contributed by atoms with Gasteiger partial charge in [0.2, 0.25) is 11.8 Å². The molecule has 0 aliphatic carbocycles. The largest absolute Gasteiger partial charge is 0.497 e. The molecule has 2 amide bonds. The van der Waals surface area contributed by atoms with E-state index in [1.165, 1.54) is 0 Å². The Hall–Kier alpha value is -3.94. The number of rotatable bonds is 9. The number of carbonyl (C=O) groups excluding carboxylic acids is 2. The molecule has 0 spiro atoms. The molecule has 1 fully saturated rings. The third-order valence-corrected chi connectivity index (χ3v) is 6.62. The number of amides is 2. The van der Waals surface area contributed by atoms with Crippen LogP contribution >= 0.6 is 0 Å². The van der Waals surface area contributed by atoms with Gasteiger partial charge in [-0.3, -0.25) is 9.59 Å². The van der Waals surface area contributed by atoms with E-state index in [4.69, 9.17) is 4.74 Å². The van der Waals surface area contributed by atoms with Gasteiger partial charge in [-0.15, -0.1) is 10.2 Å². The highest BCUT2D eigenvalue weighted by Crippen LogP contribution is 2.23. The summed E-state index contributed by atoms with van der Waals surface area (Å²) in [7, 11) is 1.64. The quantitative estimate of drug-likeness (QED) is 0.446. The van der Waals surface area contributed by atoms with Crippen LogP contribution in [0.25, 0.3) is 11.3 Å². The zero-order valence-electron chi connectivity index (χ0n) is 21.8. The number of anilines is 1. The van der Waals surface area contributed by atoms with Crippen molar-refractivity contribution in [3.05, 3.63) is 72.3 Å². The van der Waals surface area contributed by atoms with E-state index in [0.29, 0.717) is 32.7 Å². The summed E-state index contributed by atoms with van der Waals surface area (Å²) in [4.78, 5) is 31.6. The fourth-order valence-electron chi connectivity index (χ4n) is 4.42. The summed E-state index contributed by atoms with van der Waals surface area (Å²) in [5, 5.41) is 8.83. The molecule has 0 N–H and O–H groups in total. The van der Waals surface area contributed by atoms with Crippen LogP contribution in [-0.4, -0.2) is 78.2 Å². The zero-order valence-corrected chi connectivity index (χ0v) is 21.8. The summed E-state index contributed by atoms with van der Waals surface area (Å²) >= 11 is 0. The highest BCUT2D eigenvalue weighted by molar-refractivity contribution is 5.85. The Labute approximate surface area is 218 Å². The highest BCUT2D eigenvalue weighted by Gasteiger charge is 2.26. The van der Waals surface area contributed by atoms with E-state index >= 15 is 0 Å². The average Bonchev–Trinajstić information content (AvgIpc) is 2.95. The van der Waals surface area contributed by atoms with E-state index in [1.807, 2.05) is 85.5 Å². The van der Waals surface area contributed by atoms with Crippen LogP contribution in [0.2, 0.25) is 0 Å². The van der Waals surface area contributed by atoms with E-state index < -0.39 is 0 Å². The van der Waals surface area contributed by atoms with Crippen molar-refractivity contribution >= 4 is 17.6 Å². The predicted octanol–water partition coefficient (Wildman–Crippen LogP) is 3.53. The van der Waals surface area contributed by atoms with Crippen LogP contribution in [0.15, 0.2) is 66.7 Å². The smallest absolute Gasteiger partial charge is 0.242 e. The summed E-state index contributed by atoms with van der Waals surface area (Å²) in [6.45, 7) is 6.90. The number of carbonyl (C=O) groups is 2. The van der Waals surface area contributed by atoms with E-state index in [-0.39, 0.29) is 24.3 Å². The first-order chi connectivity index (χ1) is 17.9. The molecule has 1 saturated heterocycles. The summed E-state index contributed by atoms with van der Waals surface area (Å²) in [5.41, 5.74) is 2.88. The first-order valence-electron chi connectivity index (χ1n) is 12.8. The van der Waals surface area contributed by atoms with Crippen LogP contribution in [0.1, 0.15) is 19.4 Å². The lowest BCUT2D eigenvalue weighted by molar-refractivity contribution is -0.142. The SMILES string of the molecule is COc1cccc(-c2ccc(N3CCN(C(=O)CN(CCc4ccccc4)C(=O)C(C)C)CC3)nn2)c1. The topological polar surface area (TPSA) is 78.9 Å². The van der Waals surface area contributed by atoms with Gasteiger partial charge >= 0.3 is 0 Å². The number of hydrogen-bond acceptors (Lipinski definition) is 6. The Morgan fingerprint density at radius 3 is 2.35 bits per heavy atom. The minimum absolute atomic E-state index is 0.00863. The lowest BCUT2D eigenvalue weighted by Crippen LogP contribution is -2.52. The third kappa shape index (κ3) is 6.84. The van der Waals surface area contributed by atoms with Crippen LogP contribution < -0.4 is 9.64 Å². The standard InChI is InChI=1S/C29H35N5O3/c1-22(2)29(36)34(15-14-23-8-5-4-6-9-23)21-28(35)33-18-16-32(17-19-33)27-13-12-26(30-31-27)24-10-7-11-25(20-24)37-3/h4-13,20,22H,14-19,21H2,1-3H3. The van der Waals surface area contributed by atoms with Gasteiger partial charge in [-0.1, -0.05) is 56.3 Å². The van der Waals surface area contributed by atoms with E-state index in [2.05, 4.69) is 15.1 Å². The first-order valence-corrected chi connectivity index (χ1v) is 12.8. The second kappa shape index (κ2) is 12.3. The van der Waals surface area contributed by atoms with Gasteiger partial charge in [0.25, 0.3) is 0 Å². The number of nitrogens with zero attached hydrogens (tertiary/aromatic N) is 5. The zero-order chi connectivity index (χ0) is 26.2. The highest BCUT2D eigenvalue weighted by atomic mass is 16.5. The van der Waals surface area contributed by atoms with Gasteiger partial charge in [0, 0.05) is 44.2 Å². The first kappa shape index (κ1) is 26.1. The van der Waals surface area contributed by atoms with Crippen molar-refractivity contribution in [1.82, 2.24) is 20.0 Å². The molecular formula is C29H35N5O3. The van der Waals surface area contributed by atoms with Crippen LogP contribution in [0.3, 0.4) is 0 Å². The van der Waals surface area contributed by atoms with Gasteiger partial charge in [0.05, 0.1) is 19.3 Å². The molecule has 1 aliphatic rings. The molecule has 1 aromatic heterocycles. The summed E-state index contributed by atoms with van der Waals surface area (Å²) in [6, 6.07) is 21.7. The molecule has 1 aliphatic heterocycles. The van der Waals surface area contributed by atoms with Gasteiger partial charge in [-0.25, -0.2) is 0 Å². The van der Waals surface area contributed by atoms with Crippen LogP contribution in [-0.2, 0) is 16.0 Å². The molecule has 2 heterocycles. The minimum Gasteiger partial charge on any atom is -0.497 e. The Bertz CT molecular complexity index is 1180. The van der Waals surface area contributed by atoms with Crippen molar-refractivity contribution < 1.29 is 14.3 Å². The van der Waals surface area contributed by atoms with Crippen molar-refractivity contribution in [2.75, 3.05) is 51.3 Å². The number of piperazine rings is 1. The molecule has 37 heavy (non-hydrogen) atoms. The second-order valence-electron chi connectivity index (χ2n) is 9.53. The van der Waals surface area contributed by atoms with Gasteiger partial charge in [0.15, 0.2) is 5.82 Å².